The number of rotatable bonds is 4. The zero-order valence-electron chi connectivity index (χ0n) is 17.8. The molecule has 1 aliphatic heterocycles. The summed E-state index contributed by atoms with van der Waals surface area (Å²) < 4.78 is 0. The van der Waals surface area contributed by atoms with Crippen molar-refractivity contribution in [3.8, 4) is 0 Å². The highest BCUT2D eigenvalue weighted by Crippen LogP contribution is 2.27. The molecule has 33 heavy (non-hydrogen) atoms. The second kappa shape index (κ2) is 9.93. The Morgan fingerprint density at radius 1 is 1.00 bits per heavy atom. The molecule has 0 saturated carbocycles. The Morgan fingerprint density at radius 2 is 1.76 bits per heavy atom. The Balaban J connectivity index is 0.000000385. The Hall–Kier alpha value is -3.56. The van der Waals surface area contributed by atoms with Crippen molar-refractivity contribution in [2.24, 2.45) is 0 Å². The fourth-order valence-corrected chi connectivity index (χ4v) is 4.22. The third-order valence-corrected chi connectivity index (χ3v) is 5.98. The van der Waals surface area contributed by atoms with E-state index < -0.39 is 11.9 Å². The van der Waals surface area contributed by atoms with Gasteiger partial charge in [0, 0.05) is 78.0 Å². The molecule has 4 aromatic rings. The summed E-state index contributed by atoms with van der Waals surface area (Å²) in [4.78, 5) is 26.5. The lowest BCUT2D eigenvalue weighted by atomic mass is 10.1. The van der Waals surface area contributed by atoms with Crippen LogP contribution in [0, 0.1) is 0 Å². The van der Waals surface area contributed by atoms with E-state index in [0.717, 1.165) is 49.7 Å². The Labute approximate surface area is 194 Å². The summed E-state index contributed by atoms with van der Waals surface area (Å²) >= 11 is 6.05. The summed E-state index contributed by atoms with van der Waals surface area (Å²) in [6.07, 6.45) is 3.00. The van der Waals surface area contributed by atoms with E-state index in [4.69, 9.17) is 31.4 Å². The number of carbonyl (C=O) groups is 2. The predicted octanol–water partition coefficient (Wildman–Crippen LogP) is 3.22. The van der Waals surface area contributed by atoms with Crippen molar-refractivity contribution in [3.05, 3.63) is 59.4 Å². The minimum Gasteiger partial charge on any atom is -0.473 e. The number of hydrogen-bond donors (Lipinski definition) is 4. The Morgan fingerprint density at radius 3 is 2.48 bits per heavy atom. The number of H-pyrrole nitrogens is 2. The molecule has 1 aliphatic rings. The SMILES string of the molecule is Clc1ccc2c(CCN3CCN(c4cccc5[nH]ccc45)CC3)[nH]nc2c1.O=C(O)C(=O)O. The molecule has 0 bridgehead atoms. The van der Waals surface area contributed by atoms with Crippen LogP contribution in [0.3, 0.4) is 0 Å². The van der Waals surface area contributed by atoms with Gasteiger partial charge >= 0.3 is 11.9 Å². The first-order valence-corrected chi connectivity index (χ1v) is 10.9. The maximum atomic E-state index is 9.10. The normalized spacial score (nSPS) is 14.3. The van der Waals surface area contributed by atoms with Gasteiger partial charge in [-0.2, -0.15) is 5.10 Å². The molecule has 1 saturated heterocycles. The molecule has 1 fully saturated rings. The van der Waals surface area contributed by atoms with Crippen LogP contribution in [0.25, 0.3) is 21.8 Å². The molecule has 4 N–H and O–H groups in total. The van der Waals surface area contributed by atoms with Gasteiger partial charge < -0.3 is 20.1 Å². The maximum absolute atomic E-state index is 9.10. The number of nitrogens with one attached hydrogen (secondary N) is 2. The van der Waals surface area contributed by atoms with Crippen molar-refractivity contribution in [2.45, 2.75) is 6.42 Å². The largest absolute Gasteiger partial charge is 0.473 e. The third-order valence-electron chi connectivity index (χ3n) is 5.74. The van der Waals surface area contributed by atoms with Crippen LogP contribution in [-0.4, -0.2) is 75.0 Å². The van der Waals surface area contributed by atoms with Gasteiger partial charge in [0.2, 0.25) is 0 Å². The molecule has 2 aromatic heterocycles. The molecule has 5 rings (SSSR count). The van der Waals surface area contributed by atoms with Crippen molar-refractivity contribution in [1.82, 2.24) is 20.1 Å². The summed E-state index contributed by atoms with van der Waals surface area (Å²) in [6.45, 7) is 5.33. The zero-order valence-corrected chi connectivity index (χ0v) is 18.5. The third kappa shape index (κ3) is 5.27. The summed E-state index contributed by atoms with van der Waals surface area (Å²) in [5, 5.41) is 25.6. The topological polar surface area (TPSA) is 126 Å². The molecular weight excluding hydrogens is 446 g/mol. The van der Waals surface area contributed by atoms with Crippen molar-refractivity contribution in [2.75, 3.05) is 37.6 Å². The van der Waals surface area contributed by atoms with Crippen LogP contribution in [0.1, 0.15) is 5.69 Å². The smallest absolute Gasteiger partial charge is 0.414 e. The zero-order chi connectivity index (χ0) is 23.4. The van der Waals surface area contributed by atoms with Crippen molar-refractivity contribution in [1.29, 1.82) is 0 Å². The highest BCUT2D eigenvalue weighted by Gasteiger charge is 2.19. The van der Waals surface area contributed by atoms with Crippen molar-refractivity contribution < 1.29 is 19.8 Å². The number of fused-ring (bicyclic) bond motifs is 2. The van der Waals surface area contributed by atoms with Crippen LogP contribution in [0.2, 0.25) is 5.02 Å². The van der Waals surface area contributed by atoms with E-state index in [2.05, 4.69) is 55.3 Å². The van der Waals surface area contributed by atoms with Crippen LogP contribution >= 0.6 is 11.6 Å². The lowest BCUT2D eigenvalue weighted by Crippen LogP contribution is -2.47. The van der Waals surface area contributed by atoms with Crippen molar-refractivity contribution >= 4 is 51.0 Å². The molecular formula is C23H24ClN5O4. The number of aromatic nitrogens is 3. The summed E-state index contributed by atoms with van der Waals surface area (Å²) in [7, 11) is 0. The van der Waals surface area contributed by atoms with Gasteiger partial charge in [-0.25, -0.2) is 9.59 Å². The van der Waals surface area contributed by atoms with Gasteiger partial charge in [0.05, 0.1) is 5.52 Å². The molecule has 0 radical (unpaired) electrons. The van der Waals surface area contributed by atoms with Gasteiger partial charge in [0.25, 0.3) is 0 Å². The van der Waals surface area contributed by atoms with E-state index >= 15 is 0 Å². The Bertz CT molecular complexity index is 1260. The minimum atomic E-state index is -1.82. The van der Waals surface area contributed by atoms with Gasteiger partial charge in [0.1, 0.15) is 0 Å². The molecule has 9 nitrogen and oxygen atoms in total. The molecule has 10 heteroatoms. The average molecular weight is 470 g/mol. The summed E-state index contributed by atoms with van der Waals surface area (Å²) in [6, 6.07) is 14.6. The second-order valence-corrected chi connectivity index (χ2v) is 8.21. The number of piperazine rings is 1. The first-order chi connectivity index (χ1) is 15.9. The molecule has 0 aliphatic carbocycles. The Kier molecular flexibility index (Phi) is 6.81. The molecule has 0 unspecified atom stereocenters. The van der Waals surface area contributed by atoms with Gasteiger partial charge in [-0.15, -0.1) is 0 Å². The molecule has 172 valence electrons. The van der Waals surface area contributed by atoms with E-state index in [-0.39, 0.29) is 0 Å². The van der Waals surface area contributed by atoms with Gasteiger partial charge in [-0.1, -0.05) is 17.7 Å². The monoisotopic (exact) mass is 469 g/mol. The number of hydrogen-bond acceptors (Lipinski definition) is 5. The minimum absolute atomic E-state index is 0.731. The van der Waals surface area contributed by atoms with Gasteiger partial charge in [-0.3, -0.25) is 10.00 Å². The van der Waals surface area contributed by atoms with E-state index in [0.29, 0.717) is 0 Å². The fraction of sp³-hybridized carbons (Fsp3) is 0.261. The number of anilines is 1. The highest BCUT2D eigenvalue weighted by molar-refractivity contribution is 6.31. The van der Waals surface area contributed by atoms with E-state index in [9.17, 15) is 0 Å². The standard InChI is InChI=1S/C21H22ClN5.C2H2O4/c22-15-4-5-16-19(24-25-20(16)14-15)7-9-26-10-12-27(13-11-26)21-3-1-2-18-17(21)6-8-23-18;3-1(4)2(5)6/h1-6,8,14,23H,7,9-13H2,(H,24,25);(H,3,4)(H,5,6). The predicted molar refractivity (Wildman–Crippen MR) is 127 cm³/mol. The average Bonchev–Trinajstić information content (AvgIpc) is 3.45. The summed E-state index contributed by atoms with van der Waals surface area (Å²) in [5.74, 6) is -3.65. The molecule has 0 amide bonds. The van der Waals surface area contributed by atoms with E-state index in [1.54, 1.807) is 0 Å². The lowest BCUT2D eigenvalue weighted by Gasteiger charge is -2.36. The second-order valence-electron chi connectivity index (χ2n) is 7.77. The number of carboxylic acids is 2. The van der Waals surface area contributed by atoms with Crippen LogP contribution in [-0.2, 0) is 16.0 Å². The number of aliphatic carboxylic acids is 2. The van der Waals surface area contributed by atoms with Gasteiger partial charge in [0.15, 0.2) is 0 Å². The lowest BCUT2D eigenvalue weighted by molar-refractivity contribution is -0.159. The highest BCUT2D eigenvalue weighted by atomic mass is 35.5. The quantitative estimate of drug-likeness (QED) is 0.338. The van der Waals surface area contributed by atoms with Crippen LogP contribution in [0.5, 0.6) is 0 Å². The number of benzene rings is 2. The molecule has 0 atom stereocenters. The first kappa shape index (κ1) is 22.6. The maximum Gasteiger partial charge on any atom is 0.414 e. The van der Waals surface area contributed by atoms with E-state index in [1.165, 1.54) is 27.7 Å². The van der Waals surface area contributed by atoms with E-state index in [1.807, 2.05) is 18.3 Å². The number of nitrogens with zero attached hydrogens (tertiary/aromatic N) is 3. The van der Waals surface area contributed by atoms with Gasteiger partial charge in [-0.05, 0) is 36.4 Å². The number of halogens is 1. The number of carboxylic acid groups (broad SMARTS) is 2. The van der Waals surface area contributed by atoms with Crippen molar-refractivity contribution in [3.63, 3.8) is 0 Å². The molecule has 0 spiro atoms. The van der Waals surface area contributed by atoms with Crippen LogP contribution in [0.4, 0.5) is 5.69 Å². The fourth-order valence-electron chi connectivity index (χ4n) is 4.06. The van der Waals surface area contributed by atoms with Crippen LogP contribution < -0.4 is 4.90 Å². The first-order valence-electron chi connectivity index (χ1n) is 10.5. The van der Waals surface area contributed by atoms with Crippen LogP contribution in [0.15, 0.2) is 48.7 Å². The number of aromatic amines is 2. The summed E-state index contributed by atoms with van der Waals surface area (Å²) in [5.41, 5.74) is 4.69. The molecule has 2 aromatic carbocycles. The molecule has 3 heterocycles.